The van der Waals surface area contributed by atoms with Crippen molar-refractivity contribution in [3.8, 4) is 0 Å². The summed E-state index contributed by atoms with van der Waals surface area (Å²) in [7, 11) is 0. The molecule has 4 rings (SSSR count). The van der Waals surface area contributed by atoms with E-state index in [1.54, 1.807) is 19.3 Å². The lowest BCUT2D eigenvalue weighted by Crippen LogP contribution is -2.45. The molecule has 0 nitrogen and oxygen atoms in total. The third-order valence-corrected chi connectivity index (χ3v) is 11.1. The van der Waals surface area contributed by atoms with Crippen molar-refractivity contribution in [1.82, 2.24) is 0 Å². The zero-order valence-electron chi connectivity index (χ0n) is 22.6. The SMILES string of the molecule is CCCCCCC1CCC2=C(C1)C(C)CC1C2CCC2(C)C(CCCCC(C)C)CCC12. The molecule has 0 aromatic heterocycles. The fraction of sp³-hybridized carbons (Fsp3) is 0.938. The summed E-state index contributed by atoms with van der Waals surface area (Å²) in [5.41, 5.74) is 4.67. The first-order valence-corrected chi connectivity index (χ1v) is 15.2. The first kappa shape index (κ1) is 24.9. The summed E-state index contributed by atoms with van der Waals surface area (Å²) in [6, 6.07) is 0. The highest BCUT2D eigenvalue weighted by molar-refractivity contribution is 5.28. The van der Waals surface area contributed by atoms with Gasteiger partial charge in [-0.05, 0) is 105 Å². The lowest BCUT2D eigenvalue weighted by molar-refractivity contribution is 0.00287. The van der Waals surface area contributed by atoms with E-state index in [9.17, 15) is 0 Å². The van der Waals surface area contributed by atoms with Crippen LogP contribution < -0.4 is 0 Å². The largest absolute Gasteiger partial charge is 0.0676 e. The molecule has 2 fully saturated rings. The average molecular weight is 441 g/mol. The van der Waals surface area contributed by atoms with E-state index in [1.807, 2.05) is 11.1 Å². The molecular formula is C32H56. The average Bonchev–Trinajstić information content (AvgIpc) is 3.11. The second-order valence-corrected chi connectivity index (χ2v) is 13.5. The Bertz CT molecular complexity index is 626. The molecule has 4 aliphatic carbocycles. The van der Waals surface area contributed by atoms with Crippen LogP contribution in [0.25, 0.3) is 0 Å². The van der Waals surface area contributed by atoms with E-state index in [0.717, 1.165) is 41.4 Å². The van der Waals surface area contributed by atoms with E-state index < -0.39 is 0 Å². The molecule has 7 atom stereocenters. The Labute approximate surface area is 201 Å². The van der Waals surface area contributed by atoms with Gasteiger partial charge >= 0.3 is 0 Å². The van der Waals surface area contributed by atoms with Crippen molar-refractivity contribution in [2.45, 2.75) is 144 Å². The highest BCUT2D eigenvalue weighted by Crippen LogP contribution is 2.64. The van der Waals surface area contributed by atoms with Gasteiger partial charge in [-0.25, -0.2) is 0 Å². The monoisotopic (exact) mass is 440 g/mol. The summed E-state index contributed by atoms with van der Waals surface area (Å²) >= 11 is 0. The molecule has 0 amide bonds. The lowest BCUT2D eigenvalue weighted by atomic mass is 9.51. The normalized spacial score (nSPS) is 39.2. The molecule has 2 saturated carbocycles. The van der Waals surface area contributed by atoms with Crippen LogP contribution in [0.1, 0.15) is 144 Å². The minimum atomic E-state index is 0.674. The maximum atomic E-state index is 2.75. The molecule has 0 aromatic carbocycles. The summed E-state index contributed by atoms with van der Waals surface area (Å²) in [5, 5.41) is 0. The molecule has 0 aliphatic heterocycles. The molecule has 32 heavy (non-hydrogen) atoms. The van der Waals surface area contributed by atoms with Gasteiger partial charge in [0.1, 0.15) is 0 Å². The summed E-state index contributed by atoms with van der Waals surface area (Å²) in [4.78, 5) is 0. The van der Waals surface area contributed by atoms with Crippen LogP contribution in [0.3, 0.4) is 0 Å². The van der Waals surface area contributed by atoms with Crippen LogP contribution in [0.15, 0.2) is 11.1 Å². The van der Waals surface area contributed by atoms with Crippen LogP contribution in [0.2, 0.25) is 0 Å². The zero-order chi connectivity index (χ0) is 22.7. The van der Waals surface area contributed by atoms with Crippen LogP contribution in [0, 0.1) is 46.8 Å². The number of hydrogen-bond donors (Lipinski definition) is 0. The Kier molecular flexibility index (Phi) is 8.53. The number of hydrogen-bond acceptors (Lipinski definition) is 0. The first-order chi connectivity index (χ1) is 15.4. The van der Waals surface area contributed by atoms with E-state index in [1.165, 1.54) is 89.9 Å². The van der Waals surface area contributed by atoms with Gasteiger partial charge in [0.2, 0.25) is 0 Å². The Morgan fingerprint density at radius 1 is 0.906 bits per heavy atom. The molecule has 0 saturated heterocycles. The molecule has 0 aromatic rings. The summed E-state index contributed by atoms with van der Waals surface area (Å²) in [6.07, 6.45) is 25.4. The van der Waals surface area contributed by atoms with E-state index in [2.05, 4.69) is 34.6 Å². The Hall–Kier alpha value is -0.260. The van der Waals surface area contributed by atoms with E-state index in [4.69, 9.17) is 0 Å². The van der Waals surface area contributed by atoms with E-state index >= 15 is 0 Å². The highest BCUT2D eigenvalue weighted by atomic mass is 14.6. The summed E-state index contributed by atoms with van der Waals surface area (Å²) in [5.74, 6) is 6.88. The predicted octanol–water partition coefficient (Wildman–Crippen LogP) is 10.4. The maximum Gasteiger partial charge on any atom is -0.0169 e. The minimum Gasteiger partial charge on any atom is -0.0676 e. The van der Waals surface area contributed by atoms with Gasteiger partial charge in [-0.3, -0.25) is 0 Å². The molecular weight excluding hydrogens is 384 g/mol. The first-order valence-electron chi connectivity index (χ1n) is 15.2. The maximum absolute atomic E-state index is 2.75. The van der Waals surface area contributed by atoms with Crippen LogP contribution in [-0.2, 0) is 0 Å². The van der Waals surface area contributed by atoms with Gasteiger partial charge in [0.15, 0.2) is 0 Å². The standard InChI is InChI=1S/C32H56/c1-6-7-8-9-13-25-15-17-27-28-19-20-32(5)26(14-11-10-12-23(2)3)16-18-31(32)30(28)21-24(4)29(27)22-25/h23-26,28,30-31H,6-22H2,1-5H3. The Morgan fingerprint density at radius 3 is 2.50 bits per heavy atom. The topological polar surface area (TPSA) is 0 Å². The van der Waals surface area contributed by atoms with Crippen LogP contribution in [0.5, 0.6) is 0 Å². The smallest absolute Gasteiger partial charge is 0.0169 e. The molecule has 184 valence electrons. The van der Waals surface area contributed by atoms with Gasteiger partial charge in [-0.15, -0.1) is 0 Å². The van der Waals surface area contributed by atoms with Gasteiger partial charge in [-0.2, -0.15) is 0 Å². The lowest BCUT2D eigenvalue weighted by Gasteiger charge is -2.54. The third-order valence-electron chi connectivity index (χ3n) is 11.1. The molecule has 0 N–H and O–H groups in total. The van der Waals surface area contributed by atoms with Crippen molar-refractivity contribution in [3.63, 3.8) is 0 Å². The van der Waals surface area contributed by atoms with Crippen LogP contribution >= 0.6 is 0 Å². The summed E-state index contributed by atoms with van der Waals surface area (Å²) < 4.78 is 0. The van der Waals surface area contributed by atoms with Crippen molar-refractivity contribution < 1.29 is 0 Å². The zero-order valence-corrected chi connectivity index (χ0v) is 22.6. The molecule has 4 aliphatic rings. The van der Waals surface area contributed by atoms with Gasteiger partial charge in [0.05, 0.1) is 0 Å². The molecule has 0 heteroatoms. The van der Waals surface area contributed by atoms with Gasteiger partial charge < -0.3 is 0 Å². The number of rotatable bonds is 10. The fourth-order valence-corrected chi connectivity index (χ4v) is 9.24. The quantitative estimate of drug-likeness (QED) is 0.234. The van der Waals surface area contributed by atoms with Crippen LogP contribution in [-0.4, -0.2) is 0 Å². The molecule has 0 heterocycles. The van der Waals surface area contributed by atoms with E-state index in [-0.39, 0.29) is 0 Å². The van der Waals surface area contributed by atoms with Gasteiger partial charge in [0, 0.05) is 0 Å². The number of allylic oxidation sites excluding steroid dienone is 2. The highest BCUT2D eigenvalue weighted by Gasteiger charge is 2.55. The van der Waals surface area contributed by atoms with Crippen molar-refractivity contribution in [2.75, 3.05) is 0 Å². The number of fused-ring (bicyclic) bond motifs is 4. The van der Waals surface area contributed by atoms with Crippen molar-refractivity contribution in [2.24, 2.45) is 46.8 Å². The van der Waals surface area contributed by atoms with Crippen LogP contribution in [0.4, 0.5) is 0 Å². The van der Waals surface area contributed by atoms with Gasteiger partial charge in [-0.1, -0.05) is 97.1 Å². The molecule has 0 bridgehead atoms. The molecule has 0 spiro atoms. The van der Waals surface area contributed by atoms with E-state index in [0.29, 0.717) is 5.41 Å². The second kappa shape index (κ2) is 11.0. The molecule has 0 radical (unpaired) electrons. The fourth-order valence-electron chi connectivity index (χ4n) is 9.24. The summed E-state index contributed by atoms with van der Waals surface area (Å²) in [6.45, 7) is 12.5. The Morgan fingerprint density at radius 2 is 1.72 bits per heavy atom. The van der Waals surface area contributed by atoms with Crippen molar-refractivity contribution >= 4 is 0 Å². The number of unbranched alkanes of at least 4 members (excludes halogenated alkanes) is 4. The van der Waals surface area contributed by atoms with Crippen molar-refractivity contribution in [1.29, 1.82) is 0 Å². The predicted molar refractivity (Wildman–Crippen MR) is 141 cm³/mol. The van der Waals surface area contributed by atoms with Crippen molar-refractivity contribution in [3.05, 3.63) is 11.1 Å². The minimum absolute atomic E-state index is 0.674. The second-order valence-electron chi connectivity index (χ2n) is 13.5. The van der Waals surface area contributed by atoms with Gasteiger partial charge in [0.25, 0.3) is 0 Å². The Balaban J connectivity index is 1.37. The molecule has 7 unspecified atom stereocenters. The third kappa shape index (κ3) is 5.20.